The molecule has 0 aromatic carbocycles. The highest BCUT2D eigenvalue weighted by molar-refractivity contribution is 9.11. The van der Waals surface area contributed by atoms with Gasteiger partial charge in [0.05, 0.1) is 38.6 Å². The highest BCUT2D eigenvalue weighted by atomic mass is 79.9. The van der Waals surface area contributed by atoms with Gasteiger partial charge < -0.3 is 33.5 Å². The summed E-state index contributed by atoms with van der Waals surface area (Å²) in [5, 5.41) is 10.2. The summed E-state index contributed by atoms with van der Waals surface area (Å²) in [5.41, 5.74) is 0. The molecule has 3 atom stereocenters. The topological polar surface area (TPSA) is 75.6 Å². The van der Waals surface area contributed by atoms with Gasteiger partial charge in [-0.05, 0) is 19.9 Å². The minimum Gasteiger partial charge on any atom is -0.385 e. The second kappa shape index (κ2) is 15.5. The third kappa shape index (κ3) is 13.0. The number of halogens is 1. The van der Waals surface area contributed by atoms with E-state index < -0.39 is 12.2 Å². The smallest absolute Gasteiger partial charge is 0.147 e. The molecule has 7 nitrogen and oxygen atoms in total. The average molecular weight is 401 g/mol. The summed E-state index contributed by atoms with van der Waals surface area (Å²) in [6.07, 6.45) is 0.317. The van der Waals surface area contributed by atoms with E-state index in [0.29, 0.717) is 30.9 Å². The van der Waals surface area contributed by atoms with Gasteiger partial charge in [-0.3, -0.25) is 0 Å². The highest BCUT2D eigenvalue weighted by Crippen LogP contribution is 2.17. The first-order valence-corrected chi connectivity index (χ1v) is 8.24. The lowest BCUT2D eigenvalue weighted by molar-refractivity contribution is -0.115. The fourth-order valence-electron chi connectivity index (χ4n) is 1.40. The molecule has 0 aliphatic rings. The first-order valence-electron chi connectivity index (χ1n) is 7.44. The SMILES string of the molecule is COCCOCO[C@@H](C)/C=C(/Br)C(O)[C@@H](C)OCOCCOC. The van der Waals surface area contributed by atoms with Crippen LogP contribution in [0.3, 0.4) is 0 Å². The molecule has 0 radical (unpaired) electrons. The molecule has 0 amide bonds. The monoisotopic (exact) mass is 400 g/mol. The molecule has 0 fully saturated rings. The van der Waals surface area contributed by atoms with E-state index in [1.165, 1.54) is 0 Å². The maximum absolute atomic E-state index is 10.2. The van der Waals surface area contributed by atoms with Crippen LogP contribution in [0.5, 0.6) is 0 Å². The second-order valence-corrected chi connectivity index (χ2v) is 5.69. The first kappa shape index (κ1) is 22.9. The van der Waals surface area contributed by atoms with Crippen LogP contribution in [0.25, 0.3) is 0 Å². The quantitative estimate of drug-likeness (QED) is 0.331. The molecule has 0 aromatic heterocycles. The van der Waals surface area contributed by atoms with Gasteiger partial charge in [-0.15, -0.1) is 0 Å². The first-order chi connectivity index (χ1) is 11.0. The number of aliphatic hydroxyl groups excluding tert-OH is 1. The molecule has 1 N–H and O–H groups in total. The predicted molar refractivity (Wildman–Crippen MR) is 89.5 cm³/mol. The standard InChI is InChI=1S/C15H29BrO7/c1-12(22-10-20-7-5-18-3)9-14(16)15(17)13(2)23-11-21-8-6-19-4/h9,12-13,15,17H,5-8,10-11H2,1-4H3/b14-9+/t12-,13+,15?/m0/s1. The van der Waals surface area contributed by atoms with Crippen molar-refractivity contribution in [1.82, 2.24) is 0 Å². The molecule has 0 saturated carbocycles. The molecule has 0 heterocycles. The van der Waals surface area contributed by atoms with E-state index in [4.69, 9.17) is 28.4 Å². The minimum atomic E-state index is -0.804. The molecule has 0 bridgehead atoms. The molecule has 0 aliphatic heterocycles. The van der Waals surface area contributed by atoms with Crippen molar-refractivity contribution in [2.75, 3.05) is 54.2 Å². The summed E-state index contributed by atoms with van der Waals surface area (Å²) in [6, 6.07) is 0. The van der Waals surface area contributed by atoms with E-state index in [9.17, 15) is 5.11 Å². The zero-order valence-corrected chi connectivity index (χ0v) is 15.9. The zero-order chi connectivity index (χ0) is 17.5. The summed E-state index contributed by atoms with van der Waals surface area (Å²) in [7, 11) is 3.21. The molecular weight excluding hydrogens is 372 g/mol. The molecule has 0 aromatic rings. The molecule has 0 rings (SSSR count). The van der Waals surface area contributed by atoms with Crippen molar-refractivity contribution in [2.24, 2.45) is 0 Å². The molecule has 138 valence electrons. The van der Waals surface area contributed by atoms with Crippen LogP contribution in [0.2, 0.25) is 0 Å². The van der Waals surface area contributed by atoms with E-state index in [1.807, 2.05) is 6.92 Å². The summed E-state index contributed by atoms with van der Waals surface area (Å²) in [5.74, 6) is 0. The van der Waals surface area contributed by atoms with Crippen molar-refractivity contribution in [3.05, 3.63) is 10.6 Å². The lowest BCUT2D eigenvalue weighted by Crippen LogP contribution is -2.28. The normalized spacial score (nSPS) is 16.3. The molecular formula is C15H29BrO7. The van der Waals surface area contributed by atoms with Gasteiger partial charge in [0.15, 0.2) is 0 Å². The third-order valence-corrected chi connectivity index (χ3v) is 3.55. The molecule has 0 spiro atoms. The number of ether oxygens (including phenoxy) is 6. The number of aliphatic hydroxyl groups is 1. The highest BCUT2D eigenvalue weighted by Gasteiger charge is 2.18. The Morgan fingerprint density at radius 3 is 2.00 bits per heavy atom. The van der Waals surface area contributed by atoms with Crippen molar-refractivity contribution in [1.29, 1.82) is 0 Å². The van der Waals surface area contributed by atoms with Crippen LogP contribution < -0.4 is 0 Å². The van der Waals surface area contributed by atoms with E-state index in [1.54, 1.807) is 27.2 Å². The van der Waals surface area contributed by atoms with E-state index in [-0.39, 0.29) is 19.7 Å². The molecule has 1 unspecified atom stereocenters. The summed E-state index contributed by atoms with van der Waals surface area (Å²) in [6.45, 7) is 5.83. The van der Waals surface area contributed by atoms with Gasteiger partial charge in [0.2, 0.25) is 0 Å². The van der Waals surface area contributed by atoms with Gasteiger partial charge in [0, 0.05) is 18.7 Å². The van der Waals surface area contributed by atoms with Crippen LogP contribution in [0.4, 0.5) is 0 Å². The van der Waals surface area contributed by atoms with Crippen LogP contribution in [-0.2, 0) is 28.4 Å². The number of hydrogen-bond donors (Lipinski definition) is 1. The van der Waals surface area contributed by atoms with Crippen molar-refractivity contribution >= 4 is 15.9 Å². The zero-order valence-electron chi connectivity index (χ0n) is 14.3. The molecule has 8 heteroatoms. The lowest BCUT2D eigenvalue weighted by Gasteiger charge is -2.20. The van der Waals surface area contributed by atoms with Crippen LogP contribution in [0.15, 0.2) is 10.6 Å². The van der Waals surface area contributed by atoms with Gasteiger partial charge >= 0.3 is 0 Å². The van der Waals surface area contributed by atoms with Gasteiger partial charge in [0.25, 0.3) is 0 Å². The number of rotatable bonds is 15. The van der Waals surface area contributed by atoms with E-state index >= 15 is 0 Å². The fraction of sp³-hybridized carbons (Fsp3) is 0.867. The molecule has 23 heavy (non-hydrogen) atoms. The molecule has 0 saturated heterocycles. The molecule has 0 aliphatic carbocycles. The van der Waals surface area contributed by atoms with Crippen LogP contribution in [-0.4, -0.2) is 77.7 Å². The average Bonchev–Trinajstić information content (AvgIpc) is 2.53. The van der Waals surface area contributed by atoms with Crippen molar-refractivity contribution in [3.8, 4) is 0 Å². The van der Waals surface area contributed by atoms with Crippen LogP contribution in [0, 0.1) is 0 Å². The Morgan fingerprint density at radius 2 is 1.48 bits per heavy atom. The maximum Gasteiger partial charge on any atom is 0.147 e. The maximum atomic E-state index is 10.2. The Balaban J connectivity index is 3.96. The predicted octanol–water partition coefficient (Wildman–Crippen LogP) is 1.68. The third-order valence-electron chi connectivity index (χ3n) is 2.81. The van der Waals surface area contributed by atoms with Crippen molar-refractivity contribution in [3.63, 3.8) is 0 Å². The Kier molecular flexibility index (Phi) is 15.4. The van der Waals surface area contributed by atoms with E-state index in [0.717, 1.165) is 0 Å². The Hall–Kier alpha value is -0.0600. The second-order valence-electron chi connectivity index (χ2n) is 4.78. The number of hydrogen-bond acceptors (Lipinski definition) is 7. The van der Waals surface area contributed by atoms with Gasteiger partial charge in [-0.1, -0.05) is 15.9 Å². The van der Waals surface area contributed by atoms with Gasteiger partial charge in [-0.25, -0.2) is 0 Å². The largest absolute Gasteiger partial charge is 0.385 e. The van der Waals surface area contributed by atoms with Crippen LogP contribution >= 0.6 is 15.9 Å². The van der Waals surface area contributed by atoms with Gasteiger partial charge in [0.1, 0.15) is 19.7 Å². The van der Waals surface area contributed by atoms with Crippen molar-refractivity contribution < 1.29 is 33.5 Å². The Morgan fingerprint density at radius 1 is 0.957 bits per heavy atom. The van der Waals surface area contributed by atoms with Gasteiger partial charge in [-0.2, -0.15) is 0 Å². The number of methoxy groups -OCH3 is 2. The summed E-state index contributed by atoms with van der Waals surface area (Å²) in [4.78, 5) is 0. The van der Waals surface area contributed by atoms with E-state index in [2.05, 4.69) is 15.9 Å². The minimum absolute atomic E-state index is 0.0985. The lowest BCUT2D eigenvalue weighted by atomic mass is 10.2. The van der Waals surface area contributed by atoms with Crippen molar-refractivity contribution in [2.45, 2.75) is 32.2 Å². The Labute approximate surface area is 147 Å². The van der Waals surface area contributed by atoms with Crippen LogP contribution in [0.1, 0.15) is 13.8 Å². The summed E-state index contributed by atoms with van der Waals surface area (Å²) < 4.78 is 31.6. The Bertz CT molecular complexity index is 302. The summed E-state index contributed by atoms with van der Waals surface area (Å²) >= 11 is 3.34. The fourth-order valence-corrected chi connectivity index (χ4v) is 2.14.